The van der Waals surface area contributed by atoms with Crippen molar-refractivity contribution in [2.45, 2.75) is 20.8 Å². The Balaban J connectivity index is 1.83. The summed E-state index contributed by atoms with van der Waals surface area (Å²) in [5, 5.41) is 5.59. The molecule has 0 atom stereocenters. The predicted octanol–water partition coefficient (Wildman–Crippen LogP) is 5.33. The number of carbonyl (C=O) groups is 1. The molecule has 2 aromatic carbocycles. The molecule has 5 heteroatoms. The van der Waals surface area contributed by atoms with Crippen LogP contribution in [0.3, 0.4) is 0 Å². The Morgan fingerprint density at radius 2 is 1.88 bits per heavy atom. The van der Waals surface area contributed by atoms with E-state index in [2.05, 4.69) is 30.4 Å². The van der Waals surface area contributed by atoms with Gasteiger partial charge >= 0.3 is 0 Å². The Morgan fingerprint density at radius 1 is 1.12 bits per heavy atom. The molecule has 0 radical (unpaired) electrons. The molecule has 0 aliphatic heterocycles. The summed E-state index contributed by atoms with van der Waals surface area (Å²) < 4.78 is 0.988. The van der Waals surface area contributed by atoms with Crippen molar-refractivity contribution >= 4 is 44.6 Å². The fourth-order valence-electron chi connectivity index (χ4n) is 2.38. The fraction of sp³-hybridized carbons (Fsp3) is 0.158. The molecule has 1 aromatic heterocycles. The molecule has 1 N–H and O–H groups in total. The Hall–Kier alpha value is -2.17. The third kappa shape index (κ3) is 3.21. The van der Waals surface area contributed by atoms with E-state index in [0.29, 0.717) is 9.90 Å². The minimum atomic E-state index is -0.288. The first-order valence-electron chi connectivity index (χ1n) is 7.56. The van der Waals surface area contributed by atoms with E-state index in [1.165, 1.54) is 22.5 Å². The SMILES string of the molecule is C/C(=N\NC(=O)c1sc2ccccc2c1Cl)c1ccc(C)c(C)c1. The minimum absolute atomic E-state index is 0.288. The number of benzene rings is 2. The summed E-state index contributed by atoms with van der Waals surface area (Å²) in [6.07, 6.45) is 0. The van der Waals surface area contributed by atoms with E-state index in [0.717, 1.165) is 21.4 Å². The molecule has 3 rings (SSSR count). The average Bonchev–Trinajstić information content (AvgIpc) is 2.92. The minimum Gasteiger partial charge on any atom is -0.266 e. The highest BCUT2D eigenvalue weighted by Gasteiger charge is 2.16. The highest BCUT2D eigenvalue weighted by atomic mass is 35.5. The Morgan fingerprint density at radius 3 is 2.58 bits per heavy atom. The monoisotopic (exact) mass is 356 g/mol. The van der Waals surface area contributed by atoms with Gasteiger partial charge in [0.15, 0.2) is 0 Å². The van der Waals surface area contributed by atoms with Crippen LogP contribution >= 0.6 is 22.9 Å². The van der Waals surface area contributed by atoms with Gasteiger partial charge in [-0.15, -0.1) is 11.3 Å². The number of hydrogen-bond donors (Lipinski definition) is 1. The number of carbonyl (C=O) groups excluding carboxylic acids is 1. The van der Waals surface area contributed by atoms with E-state index in [9.17, 15) is 4.79 Å². The van der Waals surface area contributed by atoms with Crippen LogP contribution in [0.2, 0.25) is 5.02 Å². The lowest BCUT2D eigenvalue weighted by Gasteiger charge is -2.05. The lowest BCUT2D eigenvalue weighted by Crippen LogP contribution is -2.18. The van der Waals surface area contributed by atoms with Crippen LogP contribution in [0.15, 0.2) is 47.6 Å². The van der Waals surface area contributed by atoms with Crippen molar-refractivity contribution in [2.24, 2.45) is 5.10 Å². The van der Waals surface area contributed by atoms with Gasteiger partial charge in [0.05, 0.1) is 10.7 Å². The van der Waals surface area contributed by atoms with Gasteiger partial charge in [0.1, 0.15) is 4.88 Å². The van der Waals surface area contributed by atoms with Gasteiger partial charge in [-0.3, -0.25) is 4.79 Å². The van der Waals surface area contributed by atoms with Gasteiger partial charge < -0.3 is 0 Å². The number of aryl methyl sites for hydroxylation is 2. The second-order valence-electron chi connectivity index (χ2n) is 5.68. The normalized spacial score (nSPS) is 11.8. The van der Waals surface area contributed by atoms with E-state index in [-0.39, 0.29) is 5.91 Å². The maximum Gasteiger partial charge on any atom is 0.283 e. The van der Waals surface area contributed by atoms with Gasteiger partial charge in [-0.25, -0.2) is 5.43 Å². The van der Waals surface area contributed by atoms with Crippen molar-refractivity contribution in [3.8, 4) is 0 Å². The summed E-state index contributed by atoms with van der Waals surface area (Å²) >= 11 is 7.69. The zero-order chi connectivity index (χ0) is 17.3. The van der Waals surface area contributed by atoms with Gasteiger partial charge in [-0.2, -0.15) is 5.10 Å². The molecule has 0 aliphatic rings. The lowest BCUT2D eigenvalue weighted by atomic mass is 10.0. The number of halogens is 1. The standard InChI is InChI=1S/C19H17ClN2OS/c1-11-8-9-14(10-12(11)2)13(3)21-22-19(23)18-17(20)15-6-4-5-7-16(15)24-18/h4-10H,1-3H3,(H,22,23)/b21-13+. The Bertz CT molecular complexity index is 959. The first kappa shape index (κ1) is 16.7. The van der Waals surface area contributed by atoms with Gasteiger partial charge in [0.2, 0.25) is 0 Å². The van der Waals surface area contributed by atoms with E-state index in [1.807, 2.05) is 43.3 Å². The largest absolute Gasteiger partial charge is 0.283 e. The van der Waals surface area contributed by atoms with Crippen molar-refractivity contribution in [3.63, 3.8) is 0 Å². The van der Waals surface area contributed by atoms with Crippen molar-refractivity contribution in [3.05, 3.63) is 69.1 Å². The molecule has 1 amide bonds. The van der Waals surface area contributed by atoms with Crippen molar-refractivity contribution in [2.75, 3.05) is 0 Å². The van der Waals surface area contributed by atoms with Crippen molar-refractivity contribution in [1.82, 2.24) is 5.43 Å². The average molecular weight is 357 g/mol. The molecule has 3 aromatic rings. The van der Waals surface area contributed by atoms with Crippen LogP contribution < -0.4 is 5.43 Å². The molecule has 1 heterocycles. The van der Waals surface area contributed by atoms with Crippen LogP contribution in [0.25, 0.3) is 10.1 Å². The van der Waals surface area contributed by atoms with E-state index in [1.54, 1.807) is 0 Å². The number of nitrogens with one attached hydrogen (secondary N) is 1. The van der Waals surface area contributed by atoms with Crippen LogP contribution in [0.1, 0.15) is 33.3 Å². The number of rotatable bonds is 3. The topological polar surface area (TPSA) is 41.5 Å². The summed E-state index contributed by atoms with van der Waals surface area (Å²) in [6, 6.07) is 13.8. The van der Waals surface area contributed by atoms with Gasteiger partial charge in [-0.05, 0) is 49.6 Å². The lowest BCUT2D eigenvalue weighted by molar-refractivity contribution is 0.0959. The highest BCUT2D eigenvalue weighted by Crippen LogP contribution is 2.34. The fourth-order valence-corrected chi connectivity index (χ4v) is 3.78. The Labute approximate surface area is 150 Å². The number of thiophene rings is 1. The second-order valence-corrected chi connectivity index (χ2v) is 7.11. The second kappa shape index (κ2) is 6.75. The highest BCUT2D eigenvalue weighted by molar-refractivity contribution is 7.21. The Kier molecular flexibility index (Phi) is 4.69. The maximum absolute atomic E-state index is 12.4. The molecule has 0 fully saturated rings. The maximum atomic E-state index is 12.4. The summed E-state index contributed by atoms with van der Waals surface area (Å²) in [5.41, 5.74) is 6.77. The number of hydrogen-bond acceptors (Lipinski definition) is 3. The number of hydrazone groups is 1. The molecular formula is C19H17ClN2OS. The van der Waals surface area contributed by atoms with E-state index in [4.69, 9.17) is 11.6 Å². The molecule has 0 aliphatic carbocycles. The van der Waals surface area contributed by atoms with E-state index >= 15 is 0 Å². The molecule has 0 bridgehead atoms. The molecule has 0 saturated heterocycles. The summed E-state index contributed by atoms with van der Waals surface area (Å²) in [7, 11) is 0. The van der Waals surface area contributed by atoms with Crippen LogP contribution in [0, 0.1) is 13.8 Å². The van der Waals surface area contributed by atoms with Gasteiger partial charge in [-0.1, -0.05) is 41.9 Å². The molecule has 0 saturated carbocycles. The molecule has 24 heavy (non-hydrogen) atoms. The van der Waals surface area contributed by atoms with E-state index < -0.39 is 0 Å². The smallest absolute Gasteiger partial charge is 0.266 e. The zero-order valence-corrected chi connectivity index (χ0v) is 15.3. The predicted molar refractivity (Wildman–Crippen MR) is 102 cm³/mol. The zero-order valence-electron chi connectivity index (χ0n) is 13.7. The molecule has 122 valence electrons. The summed E-state index contributed by atoms with van der Waals surface area (Å²) in [4.78, 5) is 12.9. The van der Waals surface area contributed by atoms with Gasteiger partial charge in [0.25, 0.3) is 5.91 Å². The molecule has 0 spiro atoms. The summed E-state index contributed by atoms with van der Waals surface area (Å²) in [5.74, 6) is -0.288. The molecular weight excluding hydrogens is 340 g/mol. The number of amides is 1. The number of fused-ring (bicyclic) bond motifs is 1. The van der Waals surface area contributed by atoms with Crippen LogP contribution in [0.4, 0.5) is 0 Å². The first-order valence-corrected chi connectivity index (χ1v) is 8.76. The van der Waals surface area contributed by atoms with Gasteiger partial charge in [0, 0.05) is 10.1 Å². The first-order chi connectivity index (χ1) is 11.5. The van der Waals surface area contributed by atoms with Crippen LogP contribution in [-0.4, -0.2) is 11.6 Å². The summed E-state index contributed by atoms with van der Waals surface area (Å²) in [6.45, 7) is 6.00. The molecule has 0 unspecified atom stereocenters. The third-order valence-electron chi connectivity index (χ3n) is 3.99. The quantitative estimate of drug-likeness (QED) is 0.500. The van der Waals surface area contributed by atoms with Crippen LogP contribution in [-0.2, 0) is 0 Å². The third-order valence-corrected chi connectivity index (χ3v) is 5.67. The number of nitrogens with zero attached hydrogens (tertiary/aromatic N) is 1. The van der Waals surface area contributed by atoms with Crippen molar-refractivity contribution in [1.29, 1.82) is 0 Å². The van der Waals surface area contributed by atoms with Crippen LogP contribution in [0.5, 0.6) is 0 Å². The van der Waals surface area contributed by atoms with Crippen molar-refractivity contribution < 1.29 is 4.79 Å². The molecule has 3 nitrogen and oxygen atoms in total.